The third-order valence-corrected chi connectivity index (χ3v) is 8.55. The quantitative estimate of drug-likeness (QED) is 0.643. The Hall–Kier alpha value is -1.65. The molecule has 4 heteroatoms. The molecule has 4 aliphatic carbocycles. The highest BCUT2D eigenvalue weighted by atomic mass is 16.2. The van der Waals surface area contributed by atoms with Crippen molar-refractivity contribution in [2.75, 3.05) is 32.7 Å². The lowest BCUT2D eigenvalue weighted by molar-refractivity contribution is -1.02. The van der Waals surface area contributed by atoms with E-state index in [0.29, 0.717) is 5.91 Å². The zero-order valence-corrected chi connectivity index (χ0v) is 18.5. The summed E-state index contributed by atoms with van der Waals surface area (Å²) in [6, 6.07) is 10.6. The van der Waals surface area contributed by atoms with Crippen LogP contribution in [-0.2, 0) is 4.79 Å². The molecule has 1 saturated heterocycles. The SMILES string of the molecule is C[C@H](C(=O)NC12CC3CC(CC(C3)C1)C2)[NH+]1CC[NH+](C/C=C/c2ccccc2)CC1. The predicted molar refractivity (Wildman–Crippen MR) is 120 cm³/mol. The highest BCUT2D eigenvalue weighted by Crippen LogP contribution is 2.55. The van der Waals surface area contributed by atoms with E-state index in [1.807, 2.05) is 0 Å². The number of nitrogens with one attached hydrogen (secondary N) is 3. The van der Waals surface area contributed by atoms with Gasteiger partial charge >= 0.3 is 0 Å². The maximum Gasteiger partial charge on any atom is 0.278 e. The van der Waals surface area contributed by atoms with Crippen LogP contribution in [0.15, 0.2) is 36.4 Å². The Kier molecular flexibility index (Phi) is 5.72. The maximum absolute atomic E-state index is 13.2. The maximum atomic E-state index is 13.2. The van der Waals surface area contributed by atoms with Gasteiger partial charge in [0.2, 0.25) is 0 Å². The molecule has 1 heterocycles. The third-order valence-electron chi connectivity index (χ3n) is 8.55. The molecule has 1 aromatic carbocycles. The Morgan fingerprint density at radius 1 is 1.03 bits per heavy atom. The smallest absolute Gasteiger partial charge is 0.278 e. The van der Waals surface area contributed by atoms with Crippen LogP contribution in [0.25, 0.3) is 6.08 Å². The Morgan fingerprint density at radius 3 is 2.23 bits per heavy atom. The number of rotatable bonds is 6. The molecule has 0 unspecified atom stereocenters. The molecule has 1 amide bonds. The van der Waals surface area contributed by atoms with Gasteiger partial charge in [-0.2, -0.15) is 0 Å². The van der Waals surface area contributed by atoms with Crippen LogP contribution in [0.1, 0.15) is 51.0 Å². The second-order valence-corrected chi connectivity index (χ2v) is 10.8. The van der Waals surface area contributed by atoms with E-state index in [4.69, 9.17) is 0 Å². The molecular formula is C26H39N3O+2. The van der Waals surface area contributed by atoms with Gasteiger partial charge in [-0.15, -0.1) is 0 Å². The third kappa shape index (κ3) is 4.36. The topological polar surface area (TPSA) is 38.0 Å². The summed E-state index contributed by atoms with van der Waals surface area (Å²) < 4.78 is 0. The van der Waals surface area contributed by atoms with Gasteiger partial charge in [0.05, 0.1) is 6.54 Å². The van der Waals surface area contributed by atoms with Crippen LogP contribution in [0, 0.1) is 17.8 Å². The van der Waals surface area contributed by atoms with Crippen molar-refractivity contribution in [1.29, 1.82) is 0 Å². The Bertz CT molecular complexity index is 730. The standard InChI is InChI=1S/C26H37N3O/c1-20(25(30)27-26-17-22-14-23(18-26)16-24(15-22)19-26)29-12-10-28(11-13-29)9-5-8-21-6-3-2-4-7-21/h2-8,20,22-24H,9-19H2,1H3,(H,27,30)/p+2/b8-5+/t20-,22?,23?,24?,26?/m1/s1. The van der Waals surface area contributed by atoms with Gasteiger partial charge in [-0.05, 0) is 74.8 Å². The Balaban J connectivity index is 1.09. The van der Waals surface area contributed by atoms with Gasteiger partial charge in [-0.25, -0.2) is 0 Å². The molecule has 6 rings (SSSR count). The molecule has 1 aliphatic heterocycles. The predicted octanol–water partition coefficient (Wildman–Crippen LogP) is 0.957. The van der Waals surface area contributed by atoms with Crippen molar-refractivity contribution >= 4 is 12.0 Å². The first-order valence-corrected chi connectivity index (χ1v) is 12.3. The summed E-state index contributed by atoms with van der Waals surface area (Å²) in [5, 5.41) is 3.61. The number of piperazine rings is 1. The second kappa shape index (κ2) is 8.47. The van der Waals surface area contributed by atoms with Crippen molar-refractivity contribution in [3.05, 3.63) is 42.0 Å². The van der Waals surface area contributed by atoms with Crippen molar-refractivity contribution in [1.82, 2.24) is 5.32 Å². The molecule has 5 fully saturated rings. The van der Waals surface area contributed by atoms with E-state index in [-0.39, 0.29) is 11.6 Å². The number of benzene rings is 1. The zero-order valence-electron chi connectivity index (χ0n) is 18.5. The average Bonchev–Trinajstić information content (AvgIpc) is 2.73. The monoisotopic (exact) mass is 409 g/mol. The van der Waals surface area contributed by atoms with Crippen molar-refractivity contribution in [3.63, 3.8) is 0 Å². The van der Waals surface area contributed by atoms with Crippen LogP contribution in [0.5, 0.6) is 0 Å². The first-order valence-electron chi connectivity index (χ1n) is 12.3. The minimum atomic E-state index is 0.0828. The molecule has 3 N–H and O–H groups in total. The van der Waals surface area contributed by atoms with E-state index < -0.39 is 0 Å². The highest BCUT2D eigenvalue weighted by molar-refractivity contribution is 5.80. The minimum absolute atomic E-state index is 0.0828. The summed E-state index contributed by atoms with van der Waals surface area (Å²) in [6.07, 6.45) is 12.6. The van der Waals surface area contributed by atoms with Crippen LogP contribution in [0.3, 0.4) is 0 Å². The van der Waals surface area contributed by atoms with Gasteiger partial charge in [0.25, 0.3) is 5.91 Å². The van der Waals surface area contributed by atoms with E-state index in [9.17, 15) is 4.79 Å². The van der Waals surface area contributed by atoms with Gasteiger partial charge in [0, 0.05) is 5.54 Å². The normalized spacial score (nSPS) is 38.6. The van der Waals surface area contributed by atoms with E-state index >= 15 is 0 Å². The van der Waals surface area contributed by atoms with Gasteiger partial charge in [-0.3, -0.25) is 4.79 Å². The first kappa shape index (κ1) is 20.3. The summed E-state index contributed by atoms with van der Waals surface area (Å²) in [5.74, 6) is 2.97. The lowest BCUT2D eigenvalue weighted by atomic mass is 9.53. The lowest BCUT2D eigenvalue weighted by Gasteiger charge is -2.57. The summed E-state index contributed by atoms with van der Waals surface area (Å²) in [5.41, 5.74) is 1.42. The average molecular weight is 410 g/mol. The van der Waals surface area contributed by atoms with Gasteiger partial charge in [-0.1, -0.05) is 36.4 Å². The fraction of sp³-hybridized carbons (Fsp3) is 0.654. The lowest BCUT2D eigenvalue weighted by Crippen LogP contribution is -3.30. The highest BCUT2D eigenvalue weighted by Gasteiger charge is 2.52. The molecular weight excluding hydrogens is 370 g/mol. The number of amides is 1. The van der Waals surface area contributed by atoms with Crippen molar-refractivity contribution in [2.24, 2.45) is 17.8 Å². The largest absolute Gasteiger partial charge is 0.345 e. The van der Waals surface area contributed by atoms with Crippen LogP contribution in [-0.4, -0.2) is 50.2 Å². The molecule has 0 spiro atoms. The van der Waals surface area contributed by atoms with Crippen LogP contribution in [0.4, 0.5) is 0 Å². The van der Waals surface area contributed by atoms with Gasteiger partial charge in [0.15, 0.2) is 6.04 Å². The van der Waals surface area contributed by atoms with Crippen LogP contribution < -0.4 is 15.1 Å². The Morgan fingerprint density at radius 2 is 1.63 bits per heavy atom. The van der Waals surface area contributed by atoms with E-state index in [1.165, 1.54) is 49.0 Å². The number of quaternary nitrogens is 2. The molecule has 0 aromatic heterocycles. The van der Waals surface area contributed by atoms with E-state index in [0.717, 1.165) is 50.5 Å². The fourth-order valence-corrected chi connectivity index (χ4v) is 7.31. The first-order chi connectivity index (χ1) is 14.6. The Labute approximate surface area is 181 Å². The molecule has 1 atom stereocenters. The molecule has 4 bridgehead atoms. The van der Waals surface area contributed by atoms with Crippen molar-refractivity contribution < 1.29 is 14.6 Å². The van der Waals surface area contributed by atoms with Gasteiger partial charge < -0.3 is 15.1 Å². The second-order valence-electron chi connectivity index (χ2n) is 10.8. The number of hydrogen-bond acceptors (Lipinski definition) is 1. The van der Waals surface area contributed by atoms with Gasteiger partial charge in [0.1, 0.15) is 26.2 Å². The molecule has 162 valence electrons. The van der Waals surface area contributed by atoms with Crippen LogP contribution in [0.2, 0.25) is 0 Å². The molecule has 30 heavy (non-hydrogen) atoms. The fourth-order valence-electron chi connectivity index (χ4n) is 7.31. The molecule has 1 aromatic rings. The summed E-state index contributed by atoms with van der Waals surface area (Å²) in [4.78, 5) is 16.3. The summed E-state index contributed by atoms with van der Waals surface area (Å²) >= 11 is 0. The van der Waals surface area contributed by atoms with Crippen molar-refractivity contribution in [3.8, 4) is 0 Å². The zero-order chi connectivity index (χ0) is 20.6. The number of carbonyl (C=O) groups is 1. The van der Waals surface area contributed by atoms with Crippen LogP contribution >= 0.6 is 0 Å². The van der Waals surface area contributed by atoms with E-state index in [2.05, 4.69) is 54.7 Å². The number of hydrogen-bond donors (Lipinski definition) is 3. The van der Waals surface area contributed by atoms with E-state index in [1.54, 1.807) is 4.90 Å². The molecule has 5 aliphatic rings. The molecule has 4 nitrogen and oxygen atoms in total. The summed E-state index contributed by atoms with van der Waals surface area (Å²) in [6.45, 7) is 7.75. The summed E-state index contributed by atoms with van der Waals surface area (Å²) in [7, 11) is 0. The molecule has 4 saturated carbocycles. The molecule has 0 radical (unpaired) electrons. The minimum Gasteiger partial charge on any atom is -0.345 e. The number of carbonyl (C=O) groups excluding carboxylic acids is 1. The van der Waals surface area contributed by atoms with Crippen molar-refractivity contribution in [2.45, 2.75) is 57.0 Å².